The van der Waals surface area contributed by atoms with Gasteiger partial charge in [0.2, 0.25) is 5.91 Å². The van der Waals surface area contributed by atoms with Gasteiger partial charge in [-0.2, -0.15) is 5.10 Å². The minimum Gasteiger partial charge on any atom is -0.356 e. The largest absolute Gasteiger partial charge is 0.356 e. The minimum atomic E-state index is 0.179. The van der Waals surface area contributed by atoms with Crippen LogP contribution in [-0.4, -0.2) is 47.7 Å². The summed E-state index contributed by atoms with van der Waals surface area (Å²) >= 11 is 0. The van der Waals surface area contributed by atoms with Crippen molar-refractivity contribution in [2.75, 3.05) is 26.7 Å². The van der Waals surface area contributed by atoms with Crippen molar-refractivity contribution in [3.05, 3.63) is 18.0 Å². The average Bonchev–Trinajstić information content (AvgIpc) is 2.91. The Hall–Kier alpha value is -1.36. The lowest BCUT2D eigenvalue weighted by atomic mass is 9.92. The molecule has 0 unspecified atom stereocenters. The molecule has 2 heterocycles. The first kappa shape index (κ1) is 14.1. The van der Waals surface area contributed by atoms with Gasteiger partial charge in [0.1, 0.15) is 0 Å². The molecule has 1 fully saturated rings. The van der Waals surface area contributed by atoms with Gasteiger partial charge in [-0.25, -0.2) is 0 Å². The Bertz CT molecular complexity index is 369. The zero-order chi connectivity index (χ0) is 13.5. The molecule has 1 saturated heterocycles. The summed E-state index contributed by atoms with van der Waals surface area (Å²) in [6.45, 7) is 3.03. The zero-order valence-corrected chi connectivity index (χ0v) is 11.7. The molecule has 0 bridgehead atoms. The van der Waals surface area contributed by atoms with E-state index in [4.69, 9.17) is 0 Å². The number of carbonyl (C=O) groups is 1. The molecule has 1 aliphatic rings. The molecule has 1 aliphatic heterocycles. The van der Waals surface area contributed by atoms with E-state index in [1.54, 1.807) is 6.20 Å². The number of carbonyl (C=O) groups excluding carboxylic acids is 1. The lowest BCUT2D eigenvalue weighted by Gasteiger charge is -2.28. The molecule has 1 aromatic rings. The topological polar surface area (TPSA) is 61.0 Å². The van der Waals surface area contributed by atoms with Gasteiger partial charge in [-0.1, -0.05) is 0 Å². The average molecular weight is 264 g/mol. The highest BCUT2D eigenvalue weighted by atomic mass is 16.1. The molecule has 106 valence electrons. The van der Waals surface area contributed by atoms with Crippen LogP contribution in [0, 0.1) is 5.92 Å². The van der Waals surface area contributed by atoms with Crippen LogP contribution < -0.4 is 5.32 Å². The first-order chi connectivity index (χ1) is 9.24. The molecule has 1 amide bonds. The van der Waals surface area contributed by atoms with Crippen molar-refractivity contribution < 1.29 is 4.79 Å². The SMILES string of the molecule is CN1CCC(CCC(=O)NCCc2ccn[nH]2)CC1. The normalized spacial score (nSPS) is 17.5. The van der Waals surface area contributed by atoms with Gasteiger partial charge in [0.15, 0.2) is 0 Å². The Morgan fingerprint density at radius 3 is 3.00 bits per heavy atom. The second-order valence-corrected chi connectivity index (χ2v) is 5.47. The fraction of sp³-hybridized carbons (Fsp3) is 0.714. The van der Waals surface area contributed by atoms with Crippen LogP contribution in [0.15, 0.2) is 12.3 Å². The molecular weight excluding hydrogens is 240 g/mol. The molecular formula is C14H24N4O. The molecule has 0 radical (unpaired) electrons. The third-order valence-corrected chi connectivity index (χ3v) is 3.89. The molecule has 0 spiro atoms. The number of nitrogens with one attached hydrogen (secondary N) is 2. The van der Waals surface area contributed by atoms with Crippen molar-refractivity contribution in [2.45, 2.75) is 32.1 Å². The van der Waals surface area contributed by atoms with Crippen molar-refractivity contribution in [2.24, 2.45) is 5.92 Å². The summed E-state index contributed by atoms with van der Waals surface area (Å²) in [5.74, 6) is 0.910. The highest BCUT2D eigenvalue weighted by Gasteiger charge is 2.17. The molecule has 1 aromatic heterocycles. The van der Waals surface area contributed by atoms with Crippen molar-refractivity contribution >= 4 is 5.91 Å². The van der Waals surface area contributed by atoms with Crippen LogP contribution in [0.25, 0.3) is 0 Å². The smallest absolute Gasteiger partial charge is 0.220 e. The lowest BCUT2D eigenvalue weighted by molar-refractivity contribution is -0.121. The predicted octanol–water partition coefficient (Wildman–Crippen LogP) is 1.19. The summed E-state index contributed by atoms with van der Waals surface area (Å²) in [5, 5.41) is 9.75. The van der Waals surface area contributed by atoms with E-state index < -0.39 is 0 Å². The Balaban J connectivity index is 1.54. The van der Waals surface area contributed by atoms with E-state index in [9.17, 15) is 4.79 Å². The minimum absolute atomic E-state index is 0.179. The zero-order valence-electron chi connectivity index (χ0n) is 11.7. The summed E-state index contributed by atoms with van der Waals surface area (Å²) in [5.41, 5.74) is 1.07. The molecule has 0 aromatic carbocycles. The number of aromatic nitrogens is 2. The first-order valence-corrected chi connectivity index (χ1v) is 7.17. The number of amides is 1. The molecule has 0 aliphatic carbocycles. The monoisotopic (exact) mass is 264 g/mol. The molecule has 19 heavy (non-hydrogen) atoms. The second kappa shape index (κ2) is 7.28. The van der Waals surface area contributed by atoms with Gasteiger partial charge in [-0.05, 0) is 51.4 Å². The number of hydrogen-bond acceptors (Lipinski definition) is 3. The van der Waals surface area contributed by atoms with Crippen molar-refractivity contribution in [3.63, 3.8) is 0 Å². The summed E-state index contributed by atoms with van der Waals surface area (Å²) < 4.78 is 0. The Morgan fingerprint density at radius 2 is 2.32 bits per heavy atom. The van der Waals surface area contributed by atoms with Crippen LogP contribution in [0.3, 0.4) is 0 Å². The fourth-order valence-corrected chi connectivity index (χ4v) is 2.53. The van der Waals surface area contributed by atoms with E-state index in [0.717, 1.165) is 24.5 Å². The van der Waals surface area contributed by atoms with Crippen LogP contribution >= 0.6 is 0 Å². The van der Waals surface area contributed by atoms with Crippen LogP contribution in [0.4, 0.5) is 0 Å². The number of likely N-dealkylation sites (tertiary alicyclic amines) is 1. The van der Waals surface area contributed by atoms with Crippen LogP contribution in [-0.2, 0) is 11.2 Å². The number of hydrogen-bond donors (Lipinski definition) is 2. The molecule has 2 N–H and O–H groups in total. The van der Waals surface area contributed by atoms with Gasteiger partial charge < -0.3 is 10.2 Å². The lowest BCUT2D eigenvalue weighted by Crippen LogP contribution is -2.31. The summed E-state index contributed by atoms with van der Waals surface area (Å²) in [6, 6.07) is 1.94. The van der Waals surface area contributed by atoms with Crippen molar-refractivity contribution in [1.82, 2.24) is 20.4 Å². The molecule has 5 heteroatoms. The maximum atomic E-state index is 11.7. The van der Waals surface area contributed by atoms with Crippen molar-refractivity contribution in [1.29, 1.82) is 0 Å². The number of rotatable bonds is 6. The highest BCUT2D eigenvalue weighted by molar-refractivity contribution is 5.75. The van der Waals surface area contributed by atoms with Gasteiger partial charge in [0, 0.05) is 31.3 Å². The predicted molar refractivity (Wildman–Crippen MR) is 74.8 cm³/mol. The summed E-state index contributed by atoms with van der Waals surface area (Å²) in [7, 11) is 2.17. The Morgan fingerprint density at radius 1 is 1.53 bits per heavy atom. The van der Waals surface area contributed by atoms with Crippen LogP contribution in [0.2, 0.25) is 0 Å². The standard InChI is InChI=1S/C14H24N4O/c1-18-10-6-12(7-11-18)2-3-14(19)15-8-4-13-5-9-16-17-13/h5,9,12H,2-4,6-8,10-11H2,1H3,(H,15,19)(H,16,17). The molecule has 0 saturated carbocycles. The number of H-pyrrole nitrogens is 1. The van der Waals surface area contributed by atoms with Crippen LogP contribution in [0.1, 0.15) is 31.4 Å². The van der Waals surface area contributed by atoms with E-state index in [0.29, 0.717) is 13.0 Å². The van der Waals surface area contributed by atoms with Gasteiger partial charge >= 0.3 is 0 Å². The highest BCUT2D eigenvalue weighted by Crippen LogP contribution is 2.20. The number of piperidine rings is 1. The Kier molecular flexibility index (Phi) is 5.39. The van der Waals surface area contributed by atoms with Crippen LogP contribution in [0.5, 0.6) is 0 Å². The van der Waals surface area contributed by atoms with Gasteiger partial charge in [-0.15, -0.1) is 0 Å². The first-order valence-electron chi connectivity index (χ1n) is 7.17. The van der Waals surface area contributed by atoms with Gasteiger partial charge in [0.05, 0.1) is 0 Å². The van der Waals surface area contributed by atoms with E-state index >= 15 is 0 Å². The number of nitrogens with zero attached hydrogens (tertiary/aromatic N) is 2. The van der Waals surface area contributed by atoms with Crippen molar-refractivity contribution in [3.8, 4) is 0 Å². The Labute approximate surface area is 114 Å². The van der Waals surface area contributed by atoms with E-state index in [2.05, 4.69) is 27.5 Å². The molecule has 5 nitrogen and oxygen atoms in total. The molecule has 2 rings (SSSR count). The maximum absolute atomic E-state index is 11.7. The maximum Gasteiger partial charge on any atom is 0.220 e. The van der Waals surface area contributed by atoms with E-state index in [-0.39, 0.29) is 5.91 Å². The number of aromatic amines is 1. The summed E-state index contributed by atoms with van der Waals surface area (Å²) in [4.78, 5) is 14.1. The fourth-order valence-electron chi connectivity index (χ4n) is 2.53. The van der Waals surface area contributed by atoms with Gasteiger partial charge in [-0.3, -0.25) is 9.89 Å². The quantitative estimate of drug-likeness (QED) is 0.811. The van der Waals surface area contributed by atoms with Gasteiger partial charge in [0.25, 0.3) is 0 Å². The molecule has 0 atom stereocenters. The third kappa shape index (κ3) is 5.03. The summed E-state index contributed by atoms with van der Waals surface area (Å²) in [6.07, 6.45) is 6.72. The van der Waals surface area contributed by atoms with E-state index in [1.165, 1.54) is 25.9 Å². The second-order valence-electron chi connectivity index (χ2n) is 5.47. The van der Waals surface area contributed by atoms with E-state index in [1.807, 2.05) is 6.07 Å². The third-order valence-electron chi connectivity index (χ3n) is 3.89.